The van der Waals surface area contributed by atoms with Crippen molar-refractivity contribution in [3.8, 4) is 0 Å². The van der Waals surface area contributed by atoms with Crippen molar-refractivity contribution in [3.63, 3.8) is 0 Å². The molecule has 1 aromatic rings. The van der Waals surface area contributed by atoms with Gasteiger partial charge in [0.15, 0.2) is 0 Å². The monoisotopic (exact) mass is 225 g/mol. The van der Waals surface area contributed by atoms with E-state index in [2.05, 4.69) is 38.1 Å². The molecule has 0 heterocycles. The molecule has 0 spiro atoms. The molecule has 2 rings (SSSR count). The lowest BCUT2D eigenvalue weighted by Crippen LogP contribution is -2.10. The minimum Gasteiger partial charge on any atom is -0.330 e. The average molecular weight is 226 g/mol. The second-order valence-electron chi connectivity index (χ2n) is 4.65. The van der Waals surface area contributed by atoms with Crippen LogP contribution in [-0.4, -0.2) is 6.54 Å². The van der Waals surface area contributed by atoms with Crippen molar-refractivity contribution in [2.75, 3.05) is 6.54 Å². The third-order valence-corrected chi connectivity index (χ3v) is 3.46. The quantitative estimate of drug-likeness (QED) is 0.822. The summed E-state index contributed by atoms with van der Waals surface area (Å²) in [4.78, 5) is 0. The molecule has 0 fully saturated rings. The van der Waals surface area contributed by atoms with Crippen molar-refractivity contribution in [1.82, 2.24) is 0 Å². The van der Waals surface area contributed by atoms with Gasteiger partial charge in [0.2, 0.25) is 0 Å². The molecule has 1 aromatic carbocycles. The van der Waals surface area contributed by atoms with Gasteiger partial charge in [0.25, 0.3) is 0 Å². The summed E-state index contributed by atoms with van der Waals surface area (Å²) in [6, 6.07) is 8.79. The van der Waals surface area contributed by atoms with E-state index in [1.165, 1.54) is 17.5 Å². The number of halogens is 1. The van der Waals surface area contributed by atoms with Crippen LogP contribution in [0.15, 0.2) is 24.3 Å². The predicted octanol–water partition coefficient (Wildman–Crippen LogP) is 3.29. The molecule has 1 aliphatic rings. The van der Waals surface area contributed by atoms with Gasteiger partial charge < -0.3 is 5.73 Å². The molecule has 0 unspecified atom stereocenters. The summed E-state index contributed by atoms with van der Waals surface area (Å²) in [6.07, 6.45) is 1.24. The summed E-state index contributed by atoms with van der Waals surface area (Å²) in [7, 11) is 0. The van der Waals surface area contributed by atoms with Crippen molar-refractivity contribution >= 4 is 12.4 Å². The average Bonchev–Trinajstić information content (AvgIpc) is 2.56. The summed E-state index contributed by atoms with van der Waals surface area (Å²) in [5.74, 6) is 2.05. The van der Waals surface area contributed by atoms with Crippen molar-refractivity contribution < 1.29 is 0 Å². The first-order valence-electron chi connectivity index (χ1n) is 5.53. The first kappa shape index (κ1) is 12.5. The lowest BCUT2D eigenvalue weighted by atomic mass is 9.90. The molecule has 84 valence electrons. The molecule has 1 aliphatic carbocycles. The van der Waals surface area contributed by atoms with Gasteiger partial charge in [-0.1, -0.05) is 38.1 Å². The Morgan fingerprint density at radius 2 is 1.87 bits per heavy atom. The second-order valence-corrected chi connectivity index (χ2v) is 4.65. The zero-order chi connectivity index (χ0) is 10.1. The van der Waals surface area contributed by atoms with Crippen LogP contribution in [0.3, 0.4) is 0 Å². The Morgan fingerprint density at radius 1 is 1.27 bits per heavy atom. The van der Waals surface area contributed by atoms with Crippen LogP contribution in [0.1, 0.15) is 43.2 Å². The summed E-state index contributed by atoms with van der Waals surface area (Å²) in [5.41, 5.74) is 8.84. The second kappa shape index (κ2) is 5.00. The van der Waals surface area contributed by atoms with Crippen LogP contribution in [0.2, 0.25) is 0 Å². The Kier molecular flexibility index (Phi) is 4.18. The van der Waals surface area contributed by atoms with E-state index in [0.717, 1.165) is 18.4 Å². The molecular formula is C13H20ClN. The summed E-state index contributed by atoms with van der Waals surface area (Å²) >= 11 is 0. The van der Waals surface area contributed by atoms with Crippen LogP contribution in [0.25, 0.3) is 0 Å². The molecule has 2 N–H and O–H groups in total. The van der Waals surface area contributed by atoms with Gasteiger partial charge in [-0.15, -0.1) is 12.4 Å². The maximum atomic E-state index is 5.81. The topological polar surface area (TPSA) is 26.0 Å². The van der Waals surface area contributed by atoms with Crippen LogP contribution < -0.4 is 5.73 Å². The van der Waals surface area contributed by atoms with E-state index in [1.807, 2.05) is 0 Å². The minimum absolute atomic E-state index is 0. The Hall–Kier alpha value is -0.530. The maximum absolute atomic E-state index is 5.81. The molecule has 0 aromatic heterocycles. The lowest BCUT2D eigenvalue weighted by Gasteiger charge is -2.15. The van der Waals surface area contributed by atoms with Gasteiger partial charge in [0.1, 0.15) is 0 Å². The lowest BCUT2D eigenvalue weighted by molar-refractivity contribution is 0.468. The fraction of sp³-hybridized carbons (Fsp3) is 0.538. The number of fused-ring (bicyclic) bond motifs is 1. The minimum atomic E-state index is 0. The van der Waals surface area contributed by atoms with Gasteiger partial charge in [0, 0.05) is 0 Å². The van der Waals surface area contributed by atoms with E-state index in [4.69, 9.17) is 5.73 Å². The fourth-order valence-electron chi connectivity index (χ4n) is 2.64. The first-order chi connectivity index (χ1) is 6.74. The number of benzene rings is 1. The molecule has 0 saturated heterocycles. The Labute approximate surface area is 98.5 Å². The smallest absolute Gasteiger partial charge is 0.000791 e. The summed E-state index contributed by atoms with van der Waals surface area (Å²) in [6.45, 7) is 5.40. The highest BCUT2D eigenvalue weighted by Crippen LogP contribution is 2.44. The Bertz CT molecular complexity index is 322. The highest BCUT2D eigenvalue weighted by molar-refractivity contribution is 5.85. The van der Waals surface area contributed by atoms with E-state index in [1.54, 1.807) is 0 Å². The molecule has 2 heteroatoms. The van der Waals surface area contributed by atoms with Crippen LogP contribution >= 0.6 is 12.4 Å². The molecule has 2 atom stereocenters. The first-order valence-corrected chi connectivity index (χ1v) is 5.53. The van der Waals surface area contributed by atoms with Crippen molar-refractivity contribution in [3.05, 3.63) is 35.4 Å². The zero-order valence-corrected chi connectivity index (χ0v) is 10.3. The third kappa shape index (κ3) is 2.19. The molecule has 0 bridgehead atoms. The van der Waals surface area contributed by atoms with Gasteiger partial charge in [0.05, 0.1) is 0 Å². The third-order valence-electron chi connectivity index (χ3n) is 3.46. The Balaban J connectivity index is 0.00000112. The van der Waals surface area contributed by atoms with Crippen molar-refractivity contribution in [2.24, 2.45) is 11.7 Å². The number of rotatable bonds is 2. The fourth-order valence-corrected chi connectivity index (χ4v) is 2.64. The normalized spacial score (nSPS) is 23.7. The highest BCUT2D eigenvalue weighted by atomic mass is 35.5. The van der Waals surface area contributed by atoms with Crippen LogP contribution in [0.4, 0.5) is 0 Å². The molecular weight excluding hydrogens is 206 g/mol. The van der Waals surface area contributed by atoms with Crippen LogP contribution in [0.5, 0.6) is 0 Å². The standard InChI is InChI=1S/C13H19N.ClH/c1-9(2)13-7-10(8-14)11-5-3-4-6-12(11)13;/h3-6,9-10,13H,7-8,14H2,1-2H3;1H/t10-,13-;/m1./s1. The van der Waals surface area contributed by atoms with Crippen LogP contribution in [-0.2, 0) is 0 Å². The molecule has 0 radical (unpaired) electrons. The summed E-state index contributed by atoms with van der Waals surface area (Å²) < 4.78 is 0. The summed E-state index contributed by atoms with van der Waals surface area (Å²) in [5, 5.41) is 0. The molecule has 0 saturated carbocycles. The molecule has 1 nitrogen and oxygen atoms in total. The van der Waals surface area contributed by atoms with Gasteiger partial charge >= 0.3 is 0 Å². The van der Waals surface area contributed by atoms with Crippen molar-refractivity contribution in [1.29, 1.82) is 0 Å². The van der Waals surface area contributed by atoms with E-state index in [0.29, 0.717) is 5.92 Å². The van der Waals surface area contributed by atoms with Gasteiger partial charge in [-0.05, 0) is 41.8 Å². The SMILES string of the molecule is CC(C)[C@H]1C[C@H](CN)c2ccccc21.Cl. The molecule has 0 aliphatic heterocycles. The zero-order valence-electron chi connectivity index (χ0n) is 9.44. The van der Waals surface area contributed by atoms with E-state index < -0.39 is 0 Å². The van der Waals surface area contributed by atoms with Gasteiger partial charge in [-0.25, -0.2) is 0 Å². The van der Waals surface area contributed by atoms with Gasteiger partial charge in [-0.2, -0.15) is 0 Å². The Morgan fingerprint density at radius 3 is 2.40 bits per heavy atom. The van der Waals surface area contributed by atoms with Crippen molar-refractivity contribution in [2.45, 2.75) is 32.1 Å². The van der Waals surface area contributed by atoms with Gasteiger partial charge in [-0.3, -0.25) is 0 Å². The number of hydrogen-bond acceptors (Lipinski definition) is 1. The van der Waals surface area contributed by atoms with Crippen LogP contribution in [0, 0.1) is 5.92 Å². The molecule has 0 amide bonds. The molecule has 15 heavy (non-hydrogen) atoms. The van der Waals surface area contributed by atoms with E-state index in [9.17, 15) is 0 Å². The predicted molar refractivity (Wildman–Crippen MR) is 67.7 cm³/mol. The van der Waals surface area contributed by atoms with E-state index in [-0.39, 0.29) is 12.4 Å². The number of hydrogen-bond donors (Lipinski definition) is 1. The van der Waals surface area contributed by atoms with E-state index >= 15 is 0 Å². The maximum Gasteiger partial charge on any atom is -0.000791 e. The largest absolute Gasteiger partial charge is 0.330 e. The highest BCUT2D eigenvalue weighted by Gasteiger charge is 2.31. The number of nitrogens with two attached hydrogens (primary N) is 1.